The molecule has 0 spiro atoms. The lowest BCUT2D eigenvalue weighted by Crippen LogP contribution is -2.32. The lowest BCUT2D eigenvalue weighted by atomic mass is 10.2. The Kier molecular flexibility index (Phi) is 3.99. The Morgan fingerprint density at radius 3 is 2.94 bits per heavy atom. The van der Waals surface area contributed by atoms with Gasteiger partial charge in [-0.3, -0.25) is 4.79 Å². The van der Waals surface area contributed by atoms with Crippen LogP contribution in [0.4, 0.5) is 0 Å². The highest BCUT2D eigenvalue weighted by atomic mass is 16.3. The van der Waals surface area contributed by atoms with Crippen LogP contribution in [0.1, 0.15) is 30.3 Å². The van der Waals surface area contributed by atoms with Crippen LogP contribution in [-0.4, -0.2) is 18.5 Å². The molecule has 0 saturated heterocycles. The van der Waals surface area contributed by atoms with Gasteiger partial charge in [-0.15, -0.1) is 0 Å². The Morgan fingerprint density at radius 2 is 2.22 bits per heavy atom. The number of carbonyl (C=O) groups is 1. The Labute approximate surface area is 106 Å². The first-order valence-corrected chi connectivity index (χ1v) is 6.20. The fourth-order valence-corrected chi connectivity index (χ4v) is 1.88. The molecule has 3 N–H and O–H groups in total. The Hall–Kier alpha value is -1.81. The summed E-state index contributed by atoms with van der Waals surface area (Å²) < 4.78 is 5.50. The maximum atomic E-state index is 12.0. The summed E-state index contributed by atoms with van der Waals surface area (Å²) in [7, 11) is 0. The Morgan fingerprint density at radius 1 is 1.44 bits per heavy atom. The summed E-state index contributed by atoms with van der Waals surface area (Å²) in [5.41, 5.74) is 6.17. The van der Waals surface area contributed by atoms with E-state index in [9.17, 15) is 4.79 Å². The summed E-state index contributed by atoms with van der Waals surface area (Å²) >= 11 is 0. The second-order valence-corrected chi connectivity index (χ2v) is 4.45. The highest BCUT2D eigenvalue weighted by Crippen LogP contribution is 2.18. The van der Waals surface area contributed by atoms with Crippen LogP contribution in [0.2, 0.25) is 0 Å². The van der Waals surface area contributed by atoms with E-state index in [4.69, 9.17) is 10.2 Å². The van der Waals surface area contributed by atoms with E-state index in [2.05, 4.69) is 5.32 Å². The van der Waals surface area contributed by atoms with E-state index in [1.807, 2.05) is 31.2 Å². The molecule has 1 heterocycles. The molecule has 2 rings (SSSR count). The number of fused-ring (bicyclic) bond motifs is 1. The van der Waals surface area contributed by atoms with Crippen LogP contribution < -0.4 is 11.1 Å². The Bertz CT molecular complexity index is 500. The van der Waals surface area contributed by atoms with Gasteiger partial charge in [-0.1, -0.05) is 18.2 Å². The molecule has 0 bridgehead atoms. The van der Waals surface area contributed by atoms with Crippen molar-refractivity contribution in [1.82, 2.24) is 5.32 Å². The topological polar surface area (TPSA) is 68.3 Å². The van der Waals surface area contributed by atoms with Gasteiger partial charge in [-0.05, 0) is 38.4 Å². The van der Waals surface area contributed by atoms with Gasteiger partial charge in [0.05, 0.1) is 0 Å². The first-order chi connectivity index (χ1) is 8.70. The fourth-order valence-electron chi connectivity index (χ4n) is 1.88. The van der Waals surface area contributed by atoms with Gasteiger partial charge in [0, 0.05) is 11.4 Å². The number of amides is 1. The zero-order valence-corrected chi connectivity index (χ0v) is 10.5. The molecule has 0 fully saturated rings. The molecular formula is C14H18N2O2. The molecule has 0 saturated carbocycles. The van der Waals surface area contributed by atoms with Crippen LogP contribution in [0.15, 0.2) is 34.7 Å². The van der Waals surface area contributed by atoms with Gasteiger partial charge in [-0.2, -0.15) is 0 Å². The predicted molar refractivity (Wildman–Crippen MR) is 71.4 cm³/mol. The van der Waals surface area contributed by atoms with Crippen LogP contribution >= 0.6 is 0 Å². The quantitative estimate of drug-likeness (QED) is 0.850. The molecule has 4 heteroatoms. The predicted octanol–water partition coefficient (Wildman–Crippen LogP) is 2.29. The average molecular weight is 246 g/mol. The van der Waals surface area contributed by atoms with Crippen molar-refractivity contribution >= 4 is 16.9 Å². The van der Waals surface area contributed by atoms with E-state index in [-0.39, 0.29) is 11.9 Å². The molecule has 18 heavy (non-hydrogen) atoms. The maximum Gasteiger partial charge on any atom is 0.287 e. The van der Waals surface area contributed by atoms with Crippen LogP contribution in [-0.2, 0) is 0 Å². The van der Waals surface area contributed by atoms with Crippen molar-refractivity contribution in [2.45, 2.75) is 25.8 Å². The van der Waals surface area contributed by atoms with Crippen molar-refractivity contribution in [1.29, 1.82) is 0 Å². The van der Waals surface area contributed by atoms with Crippen molar-refractivity contribution < 1.29 is 9.21 Å². The third-order valence-electron chi connectivity index (χ3n) is 2.87. The lowest BCUT2D eigenvalue weighted by Gasteiger charge is -2.11. The van der Waals surface area contributed by atoms with Gasteiger partial charge in [0.2, 0.25) is 0 Å². The van der Waals surface area contributed by atoms with E-state index < -0.39 is 0 Å². The second kappa shape index (κ2) is 5.69. The number of rotatable bonds is 5. The normalized spacial score (nSPS) is 12.6. The van der Waals surface area contributed by atoms with Crippen molar-refractivity contribution in [2.75, 3.05) is 6.54 Å². The average Bonchev–Trinajstić information content (AvgIpc) is 2.80. The number of hydrogen-bond donors (Lipinski definition) is 2. The van der Waals surface area contributed by atoms with Crippen molar-refractivity contribution in [3.05, 3.63) is 36.1 Å². The van der Waals surface area contributed by atoms with Gasteiger partial charge < -0.3 is 15.5 Å². The number of furan rings is 1. The number of nitrogens with two attached hydrogens (primary N) is 1. The van der Waals surface area contributed by atoms with Crippen LogP contribution in [0.3, 0.4) is 0 Å². The minimum atomic E-state index is -0.171. The van der Waals surface area contributed by atoms with E-state index >= 15 is 0 Å². The minimum absolute atomic E-state index is 0.106. The molecule has 1 aromatic heterocycles. The van der Waals surface area contributed by atoms with E-state index in [0.717, 1.165) is 23.8 Å². The largest absolute Gasteiger partial charge is 0.451 e. The van der Waals surface area contributed by atoms with E-state index in [1.165, 1.54) is 0 Å². The van der Waals surface area contributed by atoms with E-state index in [0.29, 0.717) is 12.3 Å². The number of para-hydroxylation sites is 1. The molecule has 0 radical (unpaired) electrons. The number of carbonyl (C=O) groups excluding carboxylic acids is 1. The zero-order valence-electron chi connectivity index (χ0n) is 10.5. The molecule has 0 aliphatic rings. The highest BCUT2D eigenvalue weighted by Gasteiger charge is 2.14. The smallest absolute Gasteiger partial charge is 0.287 e. The third-order valence-corrected chi connectivity index (χ3v) is 2.87. The summed E-state index contributed by atoms with van der Waals surface area (Å²) in [5.74, 6) is 0.187. The van der Waals surface area contributed by atoms with Gasteiger partial charge in [0.25, 0.3) is 5.91 Å². The molecule has 0 aliphatic carbocycles. The molecule has 1 amide bonds. The van der Waals surface area contributed by atoms with Crippen LogP contribution in [0.25, 0.3) is 11.0 Å². The van der Waals surface area contributed by atoms with Crippen LogP contribution in [0, 0.1) is 0 Å². The standard InChI is InChI=1S/C14H18N2O2/c1-10(5-4-8-15)16-14(17)13-9-11-6-2-3-7-12(11)18-13/h2-3,6-7,9-10H,4-5,8,15H2,1H3,(H,16,17). The van der Waals surface area contributed by atoms with Gasteiger partial charge in [-0.25, -0.2) is 0 Å². The SMILES string of the molecule is CC(CCCN)NC(=O)c1cc2ccccc2o1. The summed E-state index contributed by atoms with van der Waals surface area (Å²) in [6.45, 7) is 2.61. The lowest BCUT2D eigenvalue weighted by molar-refractivity contribution is 0.0912. The summed E-state index contributed by atoms with van der Waals surface area (Å²) in [4.78, 5) is 12.0. The maximum absolute atomic E-state index is 12.0. The second-order valence-electron chi connectivity index (χ2n) is 4.45. The third kappa shape index (κ3) is 2.90. The molecule has 1 atom stereocenters. The molecule has 4 nitrogen and oxygen atoms in total. The van der Waals surface area contributed by atoms with Crippen molar-refractivity contribution in [3.8, 4) is 0 Å². The Balaban J connectivity index is 2.04. The number of nitrogens with one attached hydrogen (secondary N) is 1. The van der Waals surface area contributed by atoms with Gasteiger partial charge >= 0.3 is 0 Å². The number of hydrogen-bond acceptors (Lipinski definition) is 3. The van der Waals surface area contributed by atoms with Gasteiger partial charge in [0.15, 0.2) is 5.76 Å². The zero-order chi connectivity index (χ0) is 13.0. The molecule has 1 aromatic carbocycles. The summed E-state index contributed by atoms with van der Waals surface area (Å²) in [6, 6.07) is 9.45. The first-order valence-electron chi connectivity index (χ1n) is 6.20. The van der Waals surface area contributed by atoms with Crippen LogP contribution in [0.5, 0.6) is 0 Å². The molecular weight excluding hydrogens is 228 g/mol. The van der Waals surface area contributed by atoms with E-state index in [1.54, 1.807) is 6.07 Å². The molecule has 2 aromatic rings. The monoisotopic (exact) mass is 246 g/mol. The number of benzene rings is 1. The fraction of sp³-hybridized carbons (Fsp3) is 0.357. The highest BCUT2D eigenvalue weighted by molar-refractivity contribution is 5.96. The summed E-state index contributed by atoms with van der Waals surface area (Å²) in [5, 5.41) is 3.85. The summed E-state index contributed by atoms with van der Waals surface area (Å²) in [6.07, 6.45) is 1.78. The first kappa shape index (κ1) is 12.6. The van der Waals surface area contributed by atoms with Gasteiger partial charge in [0.1, 0.15) is 5.58 Å². The molecule has 96 valence electrons. The van der Waals surface area contributed by atoms with Crippen molar-refractivity contribution in [3.63, 3.8) is 0 Å². The molecule has 0 aliphatic heterocycles. The molecule has 1 unspecified atom stereocenters. The van der Waals surface area contributed by atoms with Crippen molar-refractivity contribution in [2.24, 2.45) is 5.73 Å². The minimum Gasteiger partial charge on any atom is -0.451 e.